The fourth-order valence-electron chi connectivity index (χ4n) is 3.43. The van der Waals surface area contributed by atoms with Crippen LogP contribution in [-0.4, -0.2) is 31.0 Å². The number of nitrogens with zero attached hydrogens (tertiary/aromatic N) is 2. The highest BCUT2D eigenvalue weighted by atomic mass is 19.1. The van der Waals surface area contributed by atoms with Crippen LogP contribution in [0.25, 0.3) is 0 Å². The lowest BCUT2D eigenvalue weighted by molar-refractivity contribution is 0.220. The first-order chi connectivity index (χ1) is 13.2. The van der Waals surface area contributed by atoms with E-state index in [9.17, 15) is 4.39 Å². The minimum absolute atomic E-state index is 0.216. The average molecular weight is 369 g/mol. The number of hydrogen-bond donors (Lipinski definition) is 2. The molecule has 0 atom stereocenters. The van der Waals surface area contributed by atoms with Crippen LogP contribution < -0.4 is 10.6 Å². The summed E-state index contributed by atoms with van der Waals surface area (Å²) in [5.74, 6) is 0.527. The van der Waals surface area contributed by atoms with Gasteiger partial charge in [0.05, 0.1) is 0 Å². The van der Waals surface area contributed by atoms with Crippen molar-refractivity contribution in [1.82, 2.24) is 15.5 Å². The molecule has 4 nitrogen and oxygen atoms in total. The van der Waals surface area contributed by atoms with Crippen LogP contribution in [0.5, 0.6) is 0 Å². The van der Waals surface area contributed by atoms with Gasteiger partial charge in [-0.3, -0.25) is 9.89 Å². The second-order valence-corrected chi connectivity index (χ2v) is 7.01. The number of hydrogen-bond acceptors (Lipinski definition) is 2. The predicted octanol–water partition coefficient (Wildman–Crippen LogP) is 3.68. The molecule has 144 valence electrons. The Morgan fingerprint density at radius 3 is 2.30 bits per heavy atom. The Morgan fingerprint density at radius 2 is 1.59 bits per heavy atom. The molecule has 2 N–H and O–H groups in total. The van der Waals surface area contributed by atoms with E-state index in [2.05, 4.69) is 44.8 Å². The molecular formula is C22H29FN4. The van der Waals surface area contributed by atoms with Crippen LogP contribution in [0.15, 0.2) is 53.5 Å². The van der Waals surface area contributed by atoms with Crippen molar-refractivity contribution < 1.29 is 4.39 Å². The quantitative estimate of drug-likeness (QED) is 0.604. The summed E-state index contributed by atoms with van der Waals surface area (Å²) in [6, 6.07) is 15.1. The van der Waals surface area contributed by atoms with Gasteiger partial charge in [-0.2, -0.15) is 0 Å². The monoisotopic (exact) mass is 368 g/mol. The Kier molecular flexibility index (Phi) is 7.22. The van der Waals surface area contributed by atoms with Crippen molar-refractivity contribution in [3.05, 3.63) is 71.0 Å². The minimum Gasteiger partial charge on any atom is -0.352 e. The summed E-state index contributed by atoms with van der Waals surface area (Å²) in [7, 11) is 1.76. The van der Waals surface area contributed by atoms with Crippen LogP contribution >= 0.6 is 0 Å². The molecule has 5 heteroatoms. The summed E-state index contributed by atoms with van der Waals surface area (Å²) < 4.78 is 13.0. The topological polar surface area (TPSA) is 39.7 Å². The van der Waals surface area contributed by atoms with Crippen LogP contribution in [-0.2, 0) is 19.6 Å². The fourth-order valence-corrected chi connectivity index (χ4v) is 3.43. The molecule has 2 aromatic carbocycles. The first kappa shape index (κ1) is 19.4. The zero-order chi connectivity index (χ0) is 18.9. The Bertz CT molecular complexity index is 736. The van der Waals surface area contributed by atoms with Gasteiger partial charge in [0, 0.05) is 26.7 Å². The van der Waals surface area contributed by atoms with Gasteiger partial charge in [0.2, 0.25) is 0 Å². The lowest BCUT2D eigenvalue weighted by Gasteiger charge is -2.27. The van der Waals surface area contributed by atoms with E-state index < -0.39 is 0 Å². The van der Waals surface area contributed by atoms with E-state index in [-0.39, 0.29) is 5.82 Å². The molecule has 0 saturated carbocycles. The van der Waals surface area contributed by atoms with Crippen molar-refractivity contribution in [3.63, 3.8) is 0 Å². The van der Waals surface area contributed by atoms with Crippen LogP contribution in [0.1, 0.15) is 36.0 Å². The van der Waals surface area contributed by atoms with Gasteiger partial charge in [-0.15, -0.1) is 0 Å². The largest absolute Gasteiger partial charge is 0.352 e. The highest BCUT2D eigenvalue weighted by Gasteiger charge is 2.12. The molecule has 3 rings (SSSR count). The van der Waals surface area contributed by atoms with Crippen molar-refractivity contribution in [2.24, 2.45) is 4.99 Å². The van der Waals surface area contributed by atoms with Gasteiger partial charge in [0.1, 0.15) is 5.82 Å². The first-order valence-corrected chi connectivity index (χ1v) is 9.72. The number of guanidine groups is 1. The highest BCUT2D eigenvalue weighted by molar-refractivity contribution is 5.79. The van der Waals surface area contributed by atoms with E-state index in [4.69, 9.17) is 0 Å². The summed E-state index contributed by atoms with van der Waals surface area (Å²) in [5, 5.41) is 6.67. The van der Waals surface area contributed by atoms with E-state index in [0.29, 0.717) is 6.54 Å². The number of nitrogens with one attached hydrogen (secondary N) is 2. The van der Waals surface area contributed by atoms with Crippen molar-refractivity contribution in [2.45, 2.75) is 38.9 Å². The third-order valence-electron chi connectivity index (χ3n) is 5.00. The maximum atomic E-state index is 13.0. The Labute approximate surface area is 161 Å². The number of halogens is 1. The zero-order valence-electron chi connectivity index (χ0n) is 16.0. The molecule has 2 aromatic rings. The summed E-state index contributed by atoms with van der Waals surface area (Å²) in [4.78, 5) is 6.84. The van der Waals surface area contributed by atoms with Gasteiger partial charge in [0.15, 0.2) is 5.96 Å². The molecule has 27 heavy (non-hydrogen) atoms. The summed E-state index contributed by atoms with van der Waals surface area (Å²) in [6.07, 6.45) is 3.97. The summed E-state index contributed by atoms with van der Waals surface area (Å²) >= 11 is 0. The number of likely N-dealkylation sites (tertiary alicyclic amines) is 1. The predicted molar refractivity (Wildman–Crippen MR) is 109 cm³/mol. The molecule has 0 amide bonds. The molecule has 1 fully saturated rings. The summed E-state index contributed by atoms with van der Waals surface area (Å²) in [6.45, 7) is 4.74. The SMILES string of the molecule is CN=C(NCc1ccc(F)cc1)NCc1ccccc1CN1CCCCC1. The third-order valence-corrected chi connectivity index (χ3v) is 5.00. The van der Waals surface area contributed by atoms with E-state index in [0.717, 1.165) is 24.6 Å². The minimum atomic E-state index is -0.216. The first-order valence-electron chi connectivity index (χ1n) is 9.72. The standard InChI is InChI=1S/C22H29FN4/c1-24-22(25-15-18-9-11-21(23)12-10-18)26-16-19-7-3-4-8-20(19)17-27-13-5-2-6-14-27/h3-4,7-12H,2,5-6,13-17H2,1H3,(H2,24,25,26). The average Bonchev–Trinajstić information content (AvgIpc) is 2.71. The van der Waals surface area contributed by atoms with Crippen molar-refractivity contribution >= 4 is 5.96 Å². The molecule has 1 aliphatic heterocycles. The molecular weight excluding hydrogens is 339 g/mol. The number of piperidine rings is 1. The van der Waals surface area contributed by atoms with Gasteiger partial charge in [0.25, 0.3) is 0 Å². The van der Waals surface area contributed by atoms with Crippen molar-refractivity contribution in [2.75, 3.05) is 20.1 Å². The second-order valence-electron chi connectivity index (χ2n) is 7.01. The van der Waals surface area contributed by atoms with Gasteiger partial charge < -0.3 is 10.6 Å². The molecule has 1 saturated heterocycles. The van der Waals surface area contributed by atoms with Crippen molar-refractivity contribution in [1.29, 1.82) is 0 Å². The summed E-state index contributed by atoms with van der Waals surface area (Å²) in [5.41, 5.74) is 3.69. The normalized spacial score (nSPS) is 15.6. The van der Waals surface area contributed by atoms with Crippen LogP contribution in [0.3, 0.4) is 0 Å². The maximum absolute atomic E-state index is 13.0. The van der Waals surface area contributed by atoms with Gasteiger partial charge in [-0.05, 0) is 54.8 Å². The van der Waals surface area contributed by atoms with E-state index in [1.807, 2.05) is 0 Å². The zero-order valence-corrected chi connectivity index (χ0v) is 16.0. The van der Waals surface area contributed by atoms with Gasteiger partial charge >= 0.3 is 0 Å². The third kappa shape index (κ3) is 6.07. The van der Waals surface area contributed by atoms with Crippen LogP contribution in [0.4, 0.5) is 4.39 Å². The van der Waals surface area contributed by atoms with E-state index in [1.165, 1.54) is 55.6 Å². The van der Waals surface area contributed by atoms with Crippen LogP contribution in [0.2, 0.25) is 0 Å². The van der Waals surface area contributed by atoms with E-state index in [1.54, 1.807) is 19.2 Å². The molecule has 0 aliphatic carbocycles. The van der Waals surface area contributed by atoms with E-state index >= 15 is 0 Å². The second kappa shape index (κ2) is 10.1. The molecule has 0 spiro atoms. The Morgan fingerprint density at radius 1 is 0.926 bits per heavy atom. The molecule has 0 bridgehead atoms. The Balaban J connectivity index is 1.54. The fraction of sp³-hybridized carbons (Fsp3) is 0.409. The highest BCUT2D eigenvalue weighted by Crippen LogP contribution is 2.16. The molecule has 0 aromatic heterocycles. The molecule has 0 unspecified atom stereocenters. The Hall–Kier alpha value is -2.40. The molecule has 1 heterocycles. The number of rotatable bonds is 6. The van der Waals surface area contributed by atoms with Crippen LogP contribution in [0, 0.1) is 5.82 Å². The maximum Gasteiger partial charge on any atom is 0.191 e. The lowest BCUT2D eigenvalue weighted by Crippen LogP contribution is -2.36. The van der Waals surface area contributed by atoms with Crippen molar-refractivity contribution in [3.8, 4) is 0 Å². The lowest BCUT2D eigenvalue weighted by atomic mass is 10.0. The molecule has 0 radical (unpaired) electrons. The molecule has 1 aliphatic rings. The number of aliphatic imine (C=N–C) groups is 1. The smallest absolute Gasteiger partial charge is 0.191 e. The van der Waals surface area contributed by atoms with Gasteiger partial charge in [-0.1, -0.05) is 42.8 Å². The van der Waals surface area contributed by atoms with Gasteiger partial charge in [-0.25, -0.2) is 4.39 Å². The number of benzene rings is 2.